The SMILES string of the molecule is NOCCc1ccc(N2CCC(=O)N2)cc1. The van der Waals surface area contributed by atoms with E-state index in [4.69, 9.17) is 5.90 Å². The maximum absolute atomic E-state index is 11.1. The third kappa shape index (κ3) is 2.50. The molecule has 1 aromatic rings. The van der Waals surface area contributed by atoms with Crippen LogP contribution in [0.4, 0.5) is 5.69 Å². The molecular weight excluding hydrogens is 206 g/mol. The summed E-state index contributed by atoms with van der Waals surface area (Å²) in [7, 11) is 0. The molecule has 0 bridgehead atoms. The molecule has 1 aliphatic rings. The van der Waals surface area contributed by atoms with Crippen LogP contribution >= 0.6 is 0 Å². The summed E-state index contributed by atoms with van der Waals surface area (Å²) >= 11 is 0. The Kier molecular flexibility index (Phi) is 3.38. The number of rotatable bonds is 4. The first-order valence-corrected chi connectivity index (χ1v) is 5.27. The van der Waals surface area contributed by atoms with Gasteiger partial charge < -0.3 is 4.84 Å². The Balaban J connectivity index is 1.99. The van der Waals surface area contributed by atoms with Gasteiger partial charge in [0.1, 0.15) is 0 Å². The van der Waals surface area contributed by atoms with Crippen molar-refractivity contribution in [1.82, 2.24) is 5.43 Å². The normalized spacial score (nSPS) is 15.3. The van der Waals surface area contributed by atoms with Crippen molar-refractivity contribution < 1.29 is 9.63 Å². The molecule has 0 atom stereocenters. The standard InChI is InChI=1S/C11H15N3O2/c12-16-8-6-9-1-3-10(4-2-9)14-7-5-11(15)13-14/h1-4H,5-8,12H2,(H,13,15). The Morgan fingerprint density at radius 1 is 1.38 bits per heavy atom. The van der Waals surface area contributed by atoms with Gasteiger partial charge in [0.25, 0.3) is 0 Å². The van der Waals surface area contributed by atoms with Crippen molar-refractivity contribution in [3.8, 4) is 0 Å². The monoisotopic (exact) mass is 221 g/mol. The van der Waals surface area contributed by atoms with Gasteiger partial charge in [0.2, 0.25) is 5.91 Å². The summed E-state index contributed by atoms with van der Waals surface area (Å²) in [5.41, 5.74) is 4.95. The Labute approximate surface area is 94.1 Å². The zero-order valence-electron chi connectivity index (χ0n) is 8.98. The minimum absolute atomic E-state index is 0.0700. The van der Waals surface area contributed by atoms with Gasteiger partial charge in [-0.3, -0.25) is 15.2 Å². The topological polar surface area (TPSA) is 67.6 Å². The Morgan fingerprint density at radius 3 is 2.69 bits per heavy atom. The van der Waals surface area contributed by atoms with Crippen molar-refractivity contribution in [2.75, 3.05) is 18.2 Å². The number of amides is 1. The molecule has 1 aromatic carbocycles. The van der Waals surface area contributed by atoms with Crippen LogP contribution in [0.3, 0.4) is 0 Å². The molecule has 0 aliphatic carbocycles. The molecule has 16 heavy (non-hydrogen) atoms. The van der Waals surface area contributed by atoms with Gasteiger partial charge in [-0.25, -0.2) is 5.90 Å². The highest BCUT2D eigenvalue weighted by Crippen LogP contribution is 2.16. The quantitative estimate of drug-likeness (QED) is 0.720. The maximum Gasteiger partial charge on any atom is 0.240 e. The first-order valence-electron chi connectivity index (χ1n) is 5.27. The fraction of sp³-hybridized carbons (Fsp3) is 0.364. The van der Waals surface area contributed by atoms with Gasteiger partial charge in [-0.05, 0) is 24.1 Å². The molecule has 0 saturated carbocycles. The van der Waals surface area contributed by atoms with E-state index in [-0.39, 0.29) is 5.91 Å². The molecule has 1 fully saturated rings. The predicted octanol–water partition coefficient (Wildman–Crippen LogP) is 0.361. The first kappa shape index (κ1) is 10.9. The van der Waals surface area contributed by atoms with Crippen LogP contribution < -0.4 is 16.3 Å². The molecule has 5 heteroatoms. The van der Waals surface area contributed by atoms with Gasteiger partial charge in [-0.1, -0.05) is 12.1 Å². The number of hydrogen-bond donors (Lipinski definition) is 2. The number of hydrazine groups is 1. The van der Waals surface area contributed by atoms with Crippen molar-refractivity contribution >= 4 is 11.6 Å². The van der Waals surface area contributed by atoms with Crippen LogP contribution in [0.25, 0.3) is 0 Å². The molecule has 0 unspecified atom stereocenters. The van der Waals surface area contributed by atoms with Gasteiger partial charge in [-0.2, -0.15) is 0 Å². The number of nitrogens with one attached hydrogen (secondary N) is 1. The second-order valence-electron chi connectivity index (χ2n) is 3.72. The van der Waals surface area contributed by atoms with E-state index >= 15 is 0 Å². The Morgan fingerprint density at radius 2 is 2.12 bits per heavy atom. The van der Waals surface area contributed by atoms with Crippen LogP contribution in [-0.2, 0) is 16.1 Å². The van der Waals surface area contributed by atoms with E-state index in [0.29, 0.717) is 13.0 Å². The summed E-state index contributed by atoms with van der Waals surface area (Å²) in [6, 6.07) is 7.99. The highest BCUT2D eigenvalue weighted by atomic mass is 16.6. The lowest BCUT2D eigenvalue weighted by atomic mass is 10.1. The number of anilines is 1. The molecule has 3 N–H and O–H groups in total. The van der Waals surface area contributed by atoms with Crippen molar-refractivity contribution in [2.45, 2.75) is 12.8 Å². The van der Waals surface area contributed by atoms with Crippen molar-refractivity contribution in [3.05, 3.63) is 29.8 Å². The number of nitrogens with two attached hydrogens (primary N) is 1. The lowest BCUT2D eigenvalue weighted by molar-refractivity contribution is -0.119. The first-order chi connectivity index (χ1) is 7.79. The third-order valence-corrected chi connectivity index (χ3v) is 2.58. The summed E-state index contributed by atoms with van der Waals surface area (Å²) in [6.07, 6.45) is 1.35. The molecule has 0 aromatic heterocycles. The summed E-state index contributed by atoms with van der Waals surface area (Å²) in [4.78, 5) is 15.6. The summed E-state index contributed by atoms with van der Waals surface area (Å²) in [5, 5.41) is 1.85. The van der Waals surface area contributed by atoms with Crippen LogP contribution in [0, 0.1) is 0 Å². The van der Waals surface area contributed by atoms with E-state index in [2.05, 4.69) is 10.3 Å². The molecule has 1 heterocycles. The Hall–Kier alpha value is -1.59. The van der Waals surface area contributed by atoms with Gasteiger partial charge >= 0.3 is 0 Å². The summed E-state index contributed by atoms with van der Waals surface area (Å²) in [5.74, 6) is 5.04. The summed E-state index contributed by atoms with van der Waals surface area (Å²) in [6.45, 7) is 1.24. The molecule has 1 aliphatic heterocycles. The minimum atomic E-state index is 0.0700. The van der Waals surface area contributed by atoms with E-state index in [9.17, 15) is 4.79 Å². The van der Waals surface area contributed by atoms with Gasteiger partial charge in [0.05, 0.1) is 12.3 Å². The van der Waals surface area contributed by atoms with E-state index < -0.39 is 0 Å². The lowest BCUT2D eigenvalue weighted by Gasteiger charge is -2.17. The molecule has 1 amide bonds. The number of benzene rings is 1. The largest absolute Gasteiger partial charge is 0.304 e. The van der Waals surface area contributed by atoms with E-state index in [0.717, 1.165) is 18.7 Å². The molecule has 86 valence electrons. The number of carbonyl (C=O) groups excluding carboxylic acids is 1. The van der Waals surface area contributed by atoms with E-state index in [1.807, 2.05) is 29.3 Å². The fourth-order valence-electron chi connectivity index (χ4n) is 1.69. The second kappa shape index (κ2) is 4.96. The number of carbonyl (C=O) groups is 1. The van der Waals surface area contributed by atoms with Crippen LogP contribution in [0.1, 0.15) is 12.0 Å². The minimum Gasteiger partial charge on any atom is -0.304 e. The van der Waals surface area contributed by atoms with E-state index in [1.165, 1.54) is 5.56 Å². The zero-order valence-corrected chi connectivity index (χ0v) is 8.98. The van der Waals surface area contributed by atoms with Crippen LogP contribution in [0.15, 0.2) is 24.3 Å². The van der Waals surface area contributed by atoms with Crippen molar-refractivity contribution in [3.63, 3.8) is 0 Å². The maximum atomic E-state index is 11.1. The Bertz CT molecular complexity index is 364. The van der Waals surface area contributed by atoms with Crippen LogP contribution in [0.5, 0.6) is 0 Å². The van der Waals surface area contributed by atoms with Crippen molar-refractivity contribution in [2.24, 2.45) is 5.90 Å². The highest BCUT2D eigenvalue weighted by molar-refractivity contribution is 5.81. The molecule has 5 nitrogen and oxygen atoms in total. The second-order valence-corrected chi connectivity index (χ2v) is 3.72. The van der Waals surface area contributed by atoms with Crippen LogP contribution in [-0.4, -0.2) is 19.1 Å². The van der Waals surface area contributed by atoms with Gasteiger partial charge in [0.15, 0.2) is 0 Å². The molecule has 2 rings (SSSR count). The molecule has 0 spiro atoms. The molecule has 0 radical (unpaired) electrons. The number of hydrogen-bond acceptors (Lipinski definition) is 4. The molecular formula is C11H15N3O2. The van der Waals surface area contributed by atoms with Gasteiger partial charge in [-0.15, -0.1) is 0 Å². The van der Waals surface area contributed by atoms with E-state index in [1.54, 1.807) is 0 Å². The predicted molar refractivity (Wildman–Crippen MR) is 60.4 cm³/mol. The summed E-state index contributed by atoms with van der Waals surface area (Å²) < 4.78 is 0. The van der Waals surface area contributed by atoms with Gasteiger partial charge in [0, 0.05) is 13.0 Å². The van der Waals surface area contributed by atoms with Crippen molar-refractivity contribution in [1.29, 1.82) is 0 Å². The highest BCUT2D eigenvalue weighted by Gasteiger charge is 2.18. The zero-order chi connectivity index (χ0) is 11.4. The third-order valence-electron chi connectivity index (χ3n) is 2.58. The average molecular weight is 221 g/mol. The van der Waals surface area contributed by atoms with Crippen LogP contribution in [0.2, 0.25) is 0 Å². The number of nitrogens with zero attached hydrogens (tertiary/aromatic N) is 1. The lowest BCUT2D eigenvalue weighted by Crippen LogP contribution is -2.32. The molecule has 1 saturated heterocycles. The smallest absolute Gasteiger partial charge is 0.240 e. The fourth-order valence-corrected chi connectivity index (χ4v) is 1.69. The average Bonchev–Trinajstić information content (AvgIpc) is 2.74.